The van der Waals surface area contributed by atoms with Crippen LogP contribution in [0.25, 0.3) is 0 Å². The summed E-state index contributed by atoms with van der Waals surface area (Å²) in [6.45, 7) is 0. The number of carbonyl (C=O) groups is 2. The maximum absolute atomic E-state index is 13.3. The summed E-state index contributed by atoms with van der Waals surface area (Å²) < 4.78 is 5.54. The van der Waals surface area contributed by atoms with Gasteiger partial charge in [-0.2, -0.15) is 0 Å². The Hall–Kier alpha value is -3.72. The third kappa shape index (κ3) is 4.89. The van der Waals surface area contributed by atoms with Crippen molar-refractivity contribution in [3.05, 3.63) is 131 Å². The Labute approximate surface area is 182 Å². The zero-order valence-electron chi connectivity index (χ0n) is 17.2. The van der Waals surface area contributed by atoms with Crippen molar-refractivity contribution in [3.63, 3.8) is 0 Å². The highest BCUT2D eigenvalue weighted by molar-refractivity contribution is 5.95. The molecule has 0 aliphatic heterocycles. The van der Waals surface area contributed by atoms with Gasteiger partial charge in [0.1, 0.15) is 11.8 Å². The molecule has 1 aliphatic rings. The molecule has 0 saturated carbocycles. The highest BCUT2D eigenvalue weighted by Gasteiger charge is 2.32. The van der Waals surface area contributed by atoms with Crippen LogP contribution < -0.4 is 0 Å². The van der Waals surface area contributed by atoms with Crippen molar-refractivity contribution in [1.29, 1.82) is 0 Å². The number of ether oxygens (including phenoxy) is 1. The molecule has 0 fully saturated rings. The van der Waals surface area contributed by atoms with Gasteiger partial charge in [0.25, 0.3) is 0 Å². The smallest absolute Gasteiger partial charge is 0.325 e. The molecule has 3 nitrogen and oxygen atoms in total. The van der Waals surface area contributed by atoms with Gasteiger partial charge in [-0.25, -0.2) is 0 Å². The molecule has 0 aromatic heterocycles. The highest BCUT2D eigenvalue weighted by Crippen LogP contribution is 2.32. The Kier molecular flexibility index (Phi) is 6.53. The lowest BCUT2D eigenvalue weighted by Crippen LogP contribution is -2.25. The van der Waals surface area contributed by atoms with Crippen molar-refractivity contribution in [3.8, 4) is 0 Å². The summed E-state index contributed by atoms with van der Waals surface area (Å²) in [6.07, 6.45) is 7.88. The molecule has 1 unspecified atom stereocenters. The molecule has 3 aromatic rings. The van der Waals surface area contributed by atoms with Gasteiger partial charge in [0.2, 0.25) is 0 Å². The molecule has 0 heterocycles. The van der Waals surface area contributed by atoms with Crippen LogP contribution >= 0.6 is 0 Å². The van der Waals surface area contributed by atoms with E-state index in [0.29, 0.717) is 0 Å². The predicted molar refractivity (Wildman–Crippen MR) is 121 cm³/mol. The van der Waals surface area contributed by atoms with Crippen LogP contribution in [-0.2, 0) is 14.3 Å². The van der Waals surface area contributed by atoms with Crippen molar-refractivity contribution in [2.24, 2.45) is 0 Å². The standard InChI is InChI=1S/C28H24O3/c29-27(25(21-13-5-1-6-14-21)22-15-7-2-8-16-22)31-28(30)26(23-17-9-3-10-18-23)24-19-11-4-12-20-24/h1-3,5-11,13-20,25-26H,4,12H2. The van der Waals surface area contributed by atoms with Crippen LogP contribution in [0.15, 0.2) is 115 Å². The van der Waals surface area contributed by atoms with E-state index in [1.807, 2.05) is 97.1 Å². The van der Waals surface area contributed by atoms with Gasteiger partial charge >= 0.3 is 11.9 Å². The van der Waals surface area contributed by atoms with Crippen LogP contribution in [-0.4, -0.2) is 11.9 Å². The summed E-state index contributed by atoms with van der Waals surface area (Å²) in [4.78, 5) is 26.6. The molecule has 0 saturated heterocycles. The van der Waals surface area contributed by atoms with Gasteiger partial charge in [0.05, 0.1) is 0 Å². The number of hydrogen-bond acceptors (Lipinski definition) is 3. The van der Waals surface area contributed by atoms with Crippen molar-refractivity contribution in [2.75, 3.05) is 0 Å². The number of esters is 2. The Morgan fingerprint density at radius 3 is 1.52 bits per heavy atom. The van der Waals surface area contributed by atoms with E-state index >= 15 is 0 Å². The van der Waals surface area contributed by atoms with Crippen molar-refractivity contribution >= 4 is 11.9 Å². The topological polar surface area (TPSA) is 43.4 Å². The molecule has 0 bridgehead atoms. The van der Waals surface area contributed by atoms with Crippen molar-refractivity contribution < 1.29 is 14.3 Å². The zero-order valence-corrected chi connectivity index (χ0v) is 17.2. The molecule has 0 spiro atoms. The first-order valence-electron chi connectivity index (χ1n) is 10.5. The lowest BCUT2D eigenvalue weighted by Gasteiger charge is -2.21. The molecule has 1 aliphatic carbocycles. The quantitative estimate of drug-likeness (QED) is 0.374. The van der Waals surface area contributed by atoms with Crippen LogP contribution in [0.4, 0.5) is 0 Å². The molecular weight excluding hydrogens is 384 g/mol. The largest absolute Gasteiger partial charge is 0.392 e. The summed E-state index contributed by atoms with van der Waals surface area (Å²) in [5.74, 6) is -2.41. The third-order valence-electron chi connectivity index (χ3n) is 5.43. The Morgan fingerprint density at radius 1 is 0.613 bits per heavy atom. The molecule has 3 aromatic carbocycles. The van der Waals surface area contributed by atoms with Gasteiger partial charge < -0.3 is 4.74 Å². The molecule has 31 heavy (non-hydrogen) atoms. The van der Waals surface area contributed by atoms with Crippen LogP contribution in [0.1, 0.15) is 41.4 Å². The number of benzene rings is 3. The van der Waals surface area contributed by atoms with Gasteiger partial charge in [-0.1, -0.05) is 109 Å². The highest BCUT2D eigenvalue weighted by atomic mass is 16.6. The molecular formula is C28H24O3. The lowest BCUT2D eigenvalue weighted by atomic mass is 9.87. The summed E-state index contributed by atoms with van der Waals surface area (Å²) in [5.41, 5.74) is 3.26. The van der Waals surface area contributed by atoms with E-state index in [0.717, 1.165) is 35.1 Å². The fourth-order valence-electron chi connectivity index (χ4n) is 3.93. The fraction of sp³-hybridized carbons (Fsp3) is 0.143. The average Bonchev–Trinajstić information content (AvgIpc) is 2.82. The minimum absolute atomic E-state index is 0.550. The van der Waals surface area contributed by atoms with Gasteiger partial charge in [-0.05, 0) is 35.1 Å². The molecule has 0 N–H and O–H groups in total. The van der Waals surface area contributed by atoms with Crippen LogP contribution in [0.2, 0.25) is 0 Å². The second kappa shape index (κ2) is 9.86. The Bertz CT molecular complexity index is 1040. The van der Waals surface area contributed by atoms with E-state index in [4.69, 9.17) is 4.74 Å². The van der Waals surface area contributed by atoms with Crippen LogP contribution in [0.5, 0.6) is 0 Å². The summed E-state index contributed by atoms with van der Waals surface area (Å²) in [5, 5.41) is 0. The number of rotatable bonds is 6. The lowest BCUT2D eigenvalue weighted by molar-refractivity contribution is -0.160. The summed E-state index contributed by atoms with van der Waals surface area (Å²) in [6, 6.07) is 28.3. The predicted octanol–water partition coefficient (Wildman–Crippen LogP) is 5.95. The average molecular weight is 408 g/mol. The summed E-state index contributed by atoms with van der Waals surface area (Å²) in [7, 11) is 0. The Morgan fingerprint density at radius 2 is 1.06 bits per heavy atom. The second-order valence-electron chi connectivity index (χ2n) is 7.52. The first-order valence-corrected chi connectivity index (χ1v) is 10.5. The SMILES string of the molecule is O=C(OC(=O)C(c1ccccc1)c1ccccc1)C(C1=CCCC=C1)c1ccccc1. The van der Waals surface area contributed by atoms with Gasteiger partial charge in [-0.3, -0.25) is 9.59 Å². The molecule has 1 atom stereocenters. The van der Waals surface area contributed by atoms with Gasteiger partial charge in [0, 0.05) is 0 Å². The molecule has 3 heteroatoms. The first kappa shape index (κ1) is 20.5. The van der Waals surface area contributed by atoms with E-state index in [1.54, 1.807) is 0 Å². The molecule has 0 radical (unpaired) electrons. The Balaban J connectivity index is 1.65. The minimum atomic E-state index is -0.668. The molecule has 4 rings (SSSR count). The van der Waals surface area contributed by atoms with Gasteiger partial charge in [0.15, 0.2) is 0 Å². The monoisotopic (exact) mass is 408 g/mol. The van der Waals surface area contributed by atoms with E-state index in [1.165, 1.54) is 0 Å². The molecule has 0 amide bonds. The van der Waals surface area contributed by atoms with Gasteiger partial charge in [-0.15, -0.1) is 0 Å². The van der Waals surface area contributed by atoms with Crippen molar-refractivity contribution in [2.45, 2.75) is 24.7 Å². The normalized spacial score (nSPS) is 14.0. The first-order chi connectivity index (χ1) is 15.2. The molecule has 154 valence electrons. The number of allylic oxidation sites excluding steroid dienone is 3. The van der Waals surface area contributed by atoms with E-state index in [-0.39, 0.29) is 0 Å². The van der Waals surface area contributed by atoms with E-state index < -0.39 is 23.8 Å². The number of carbonyl (C=O) groups excluding carboxylic acids is 2. The maximum Gasteiger partial charge on any atom is 0.325 e. The van der Waals surface area contributed by atoms with E-state index in [2.05, 4.69) is 12.2 Å². The summed E-state index contributed by atoms with van der Waals surface area (Å²) >= 11 is 0. The minimum Gasteiger partial charge on any atom is -0.392 e. The number of hydrogen-bond donors (Lipinski definition) is 0. The maximum atomic E-state index is 13.3. The van der Waals surface area contributed by atoms with Crippen LogP contribution in [0, 0.1) is 0 Å². The third-order valence-corrected chi connectivity index (χ3v) is 5.43. The fourth-order valence-corrected chi connectivity index (χ4v) is 3.93. The second-order valence-corrected chi connectivity index (χ2v) is 7.52. The van der Waals surface area contributed by atoms with Crippen LogP contribution in [0.3, 0.4) is 0 Å². The zero-order chi connectivity index (χ0) is 21.5. The van der Waals surface area contributed by atoms with Crippen molar-refractivity contribution in [1.82, 2.24) is 0 Å². The van der Waals surface area contributed by atoms with E-state index in [9.17, 15) is 9.59 Å².